The van der Waals surface area contributed by atoms with E-state index in [9.17, 15) is 0 Å². The van der Waals surface area contributed by atoms with Crippen molar-refractivity contribution in [1.29, 1.82) is 0 Å². The molecule has 0 radical (unpaired) electrons. The maximum atomic E-state index is 5.66. The molecule has 0 unspecified atom stereocenters. The monoisotopic (exact) mass is 227 g/mol. The Morgan fingerprint density at radius 1 is 0.941 bits per heavy atom. The van der Waals surface area contributed by atoms with Crippen LogP contribution in [0.15, 0.2) is 46.6 Å². The number of hydrogen-bond donors (Lipinski definition) is 2. The Labute approximate surface area is 99.2 Å². The van der Waals surface area contributed by atoms with Crippen molar-refractivity contribution in [3.63, 3.8) is 0 Å². The van der Waals surface area contributed by atoms with Gasteiger partial charge in [0, 0.05) is 0 Å². The number of aromatic nitrogens is 1. The van der Waals surface area contributed by atoms with Gasteiger partial charge in [-0.3, -0.25) is 0 Å². The quantitative estimate of drug-likeness (QED) is 0.773. The van der Waals surface area contributed by atoms with E-state index in [2.05, 4.69) is 15.2 Å². The van der Waals surface area contributed by atoms with Crippen molar-refractivity contribution in [2.24, 2.45) is 10.2 Å². The summed E-state index contributed by atoms with van der Waals surface area (Å²) in [5.74, 6) is 0.651. The van der Waals surface area contributed by atoms with E-state index in [-0.39, 0.29) is 5.82 Å². The minimum absolute atomic E-state index is 0.279. The molecule has 86 valence electrons. The van der Waals surface area contributed by atoms with Crippen molar-refractivity contribution >= 4 is 23.0 Å². The molecule has 0 aliphatic heterocycles. The summed E-state index contributed by atoms with van der Waals surface area (Å²) in [6.07, 6.45) is 0. The Morgan fingerprint density at radius 3 is 2.29 bits per heavy atom. The Hall–Kier alpha value is -2.43. The molecule has 0 bridgehead atoms. The largest absolute Gasteiger partial charge is 0.384 e. The van der Waals surface area contributed by atoms with Gasteiger partial charge in [-0.25, -0.2) is 4.98 Å². The number of benzene rings is 1. The number of nitrogens with two attached hydrogens (primary N) is 2. The van der Waals surface area contributed by atoms with Crippen LogP contribution in [0.4, 0.5) is 23.0 Å². The minimum atomic E-state index is 0.279. The van der Waals surface area contributed by atoms with Crippen LogP contribution < -0.4 is 11.5 Å². The Bertz CT molecular complexity index is 545. The van der Waals surface area contributed by atoms with E-state index < -0.39 is 0 Å². The fraction of sp³-hybridized carbons (Fsp3) is 0.0833. The number of pyridine rings is 1. The van der Waals surface area contributed by atoms with E-state index in [0.717, 1.165) is 5.69 Å². The van der Waals surface area contributed by atoms with E-state index >= 15 is 0 Å². The van der Waals surface area contributed by atoms with Gasteiger partial charge in [0.15, 0.2) is 5.82 Å². The topological polar surface area (TPSA) is 89.6 Å². The van der Waals surface area contributed by atoms with Gasteiger partial charge in [-0.15, -0.1) is 5.11 Å². The standard InChI is InChI=1S/C12H13N5/c1-8-2-4-9(5-3-8)16-17-10-6-7-11(13)15-12(10)14/h2-7H,1H3,(H4,13,14,15). The Balaban J connectivity index is 2.23. The van der Waals surface area contributed by atoms with Gasteiger partial charge in [0.25, 0.3) is 0 Å². The molecule has 2 aromatic rings. The average molecular weight is 227 g/mol. The van der Waals surface area contributed by atoms with Crippen LogP contribution in [0.3, 0.4) is 0 Å². The van der Waals surface area contributed by atoms with Crippen molar-refractivity contribution in [2.75, 3.05) is 11.5 Å². The van der Waals surface area contributed by atoms with Gasteiger partial charge in [0.2, 0.25) is 0 Å². The Morgan fingerprint density at radius 2 is 1.65 bits per heavy atom. The fourth-order valence-corrected chi connectivity index (χ4v) is 1.29. The second kappa shape index (κ2) is 4.61. The average Bonchev–Trinajstić information content (AvgIpc) is 2.30. The first-order valence-electron chi connectivity index (χ1n) is 5.15. The van der Waals surface area contributed by atoms with Crippen molar-refractivity contribution in [3.8, 4) is 0 Å². The number of hydrogen-bond acceptors (Lipinski definition) is 5. The molecule has 17 heavy (non-hydrogen) atoms. The summed E-state index contributed by atoms with van der Waals surface area (Å²) in [4.78, 5) is 3.90. The number of anilines is 2. The minimum Gasteiger partial charge on any atom is -0.384 e. The van der Waals surface area contributed by atoms with Crippen LogP contribution >= 0.6 is 0 Å². The summed E-state index contributed by atoms with van der Waals surface area (Å²) < 4.78 is 0. The number of nitrogen functional groups attached to an aromatic ring is 2. The molecule has 1 heterocycles. The molecule has 0 fully saturated rings. The SMILES string of the molecule is Cc1ccc(N=Nc2ccc(N)nc2N)cc1. The van der Waals surface area contributed by atoms with E-state index in [1.165, 1.54) is 5.56 Å². The third kappa shape index (κ3) is 2.78. The summed E-state index contributed by atoms with van der Waals surface area (Å²) in [6, 6.07) is 11.0. The third-order valence-electron chi connectivity index (χ3n) is 2.23. The number of aryl methyl sites for hydroxylation is 1. The normalized spacial score (nSPS) is 10.9. The summed E-state index contributed by atoms with van der Waals surface area (Å²) >= 11 is 0. The molecule has 1 aromatic heterocycles. The van der Waals surface area contributed by atoms with E-state index in [0.29, 0.717) is 11.5 Å². The van der Waals surface area contributed by atoms with Crippen molar-refractivity contribution in [1.82, 2.24) is 4.98 Å². The van der Waals surface area contributed by atoms with Crippen molar-refractivity contribution < 1.29 is 0 Å². The summed E-state index contributed by atoms with van der Waals surface area (Å²) in [6.45, 7) is 2.02. The molecule has 5 heteroatoms. The fourth-order valence-electron chi connectivity index (χ4n) is 1.29. The summed E-state index contributed by atoms with van der Waals surface area (Å²) in [7, 11) is 0. The van der Waals surface area contributed by atoms with Crippen LogP contribution in [-0.2, 0) is 0 Å². The van der Waals surface area contributed by atoms with Gasteiger partial charge in [0.1, 0.15) is 11.5 Å². The molecule has 0 aliphatic carbocycles. The molecular formula is C12H13N5. The molecule has 1 aromatic carbocycles. The van der Waals surface area contributed by atoms with E-state index in [1.54, 1.807) is 12.1 Å². The zero-order valence-corrected chi connectivity index (χ0v) is 9.46. The lowest BCUT2D eigenvalue weighted by Crippen LogP contribution is -1.95. The maximum Gasteiger partial charge on any atom is 0.153 e. The molecule has 0 spiro atoms. The molecule has 0 amide bonds. The van der Waals surface area contributed by atoms with Crippen LogP contribution in [0.1, 0.15) is 5.56 Å². The van der Waals surface area contributed by atoms with Gasteiger partial charge >= 0.3 is 0 Å². The highest BCUT2D eigenvalue weighted by atomic mass is 15.1. The van der Waals surface area contributed by atoms with Crippen LogP contribution in [0.5, 0.6) is 0 Å². The Kier molecular flexibility index (Phi) is 3.00. The van der Waals surface area contributed by atoms with Gasteiger partial charge in [-0.1, -0.05) is 17.7 Å². The van der Waals surface area contributed by atoms with Crippen LogP contribution in [0, 0.1) is 6.92 Å². The number of azo groups is 1. The number of nitrogens with zero attached hydrogens (tertiary/aromatic N) is 3. The first-order chi connectivity index (χ1) is 8.15. The molecule has 0 aliphatic rings. The van der Waals surface area contributed by atoms with Crippen LogP contribution in [-0.4, -0.2) is 4.98 Å². The lowest BCUT2D eigenvalue weighted by Gasteiger charge is -1.99. The van der Waals surface area contributed by atoms with Crippen LogP contribution in [0.2, 0.25) is 0 Å². The molecule has 2 rings (SSSR count). The lowest BCUT2D eigenvalue weighted by molar-refractivity contribution is 1.20. The zero-order valence-electron chi connectivity index (χ0n) is 9.46. The second-order valence-corrected chi connectivity index (χ2v) is 3.68. The van der Waals surface area contributed by atoms with Gasteiger partial charge in [-0.05, 0) is 31.2 Å². The number of rotatable bonds is 2. The highest BCUT2D eigenvalue weighted by Gasteiger charge is 1.99. The first kappa shape index (κ1) is 11.1. The molecule has 0 atom stereocenters. The molecule has 5 nitrogen and oxygen atoms in total. The van der Waals surface area contributed by atoms with Gasteiger partial charge < -0.3 is 11.5 Å². The third-order valence-corrected chi connectivity index (χ3v) is 2.23. The lowest BCUT2D eigenvalue weighted by atomic mass is 10.2. The molecular weight excluding hydrogens is 214 g/mol. The highest BCUT2D eigenvalue weighted by Crippen LogP contribution is 2.23. The van der Waals surface area contributed by atoms with Crippen LogP contribution in [0.25, 0.3) is 0 Å². The highest BCUT2D eigenvalue weighted by molar-refractivity contribution is 5.60. The van der Waals surface area contributed by atoms with E-state index in [4.69, 9.17) is 11.5 Å². The molecule has 0 saturated heterocycles. The second-order valence-electron chi connectivity index (χ2n) is 3.68. The van der Waals surface area contributed by atoms with E-state index in [1.807, 2.05) is 31.2 Å². The predicted molar refractivity (Wildman–Crippen MR) is 68.4 cm³/mol. The predicted octanol–water partition coefficient (Wildman–Crippen LogP) is 2.97. The smallest absolute Gasteiger partial charge is 0.153 e. The van der Waals surface area contributed by atoms with Gasteiger partial charge in [0.05, 0.1) is 5.69 Å². The van der Waals surface area contributed by atoms with Gasteiger partial charge in [-0.2, -0.15) is 5.11 Å². The molecule has 0 saturated carbocycles. The first-order valence-corrected chi connectivity index (χ1v) is 5.15. The van der Waals surface area contributed by atoms with Crippen molar-refractivity contribution in [3.05, 3.63) is 42.0 Å². The zero-order chi connectivity index (χ0) is 12.3. The molecule has 4 N–H and O–H groups in total. The summed E-state index contributed by atoms with van der Waals surface area (Å²) in [5, 5.41) is 8.10. The maximum absolute atomic E-state index is 5.66. The van der Waals surface area contributed by atoms with Crippen molar-refractivity contribution in [2.45, 2.75) is 6.92 Å². The summed E-state index contributed by atoms with van der Waals surface area (Å²) in [5.41, 5.74) is 13.6.